The largest absolute Gasteiger partial charge is 0.481 e. The normalized spacial score (nSPS) is 12.3. The molecule has 5 heteroatoms. The summed E-state index contributed by atoms with van der Waals surface area (Å²) in [6.45, 7) is 6.45. The zero-order chi connectivity index (χ0) is 15.1. The second kappa shape index (κ2) is 7.97. The van der Waals surface area contributed by atoms with Gasteiger partial charge >= 0.3 is 5.97 Å². The Kier molecular flexibility index (Phi) is 6.61. The van der Waals surface area contributed by atoms with E-state index >= 15 is 0 Å². The molecule has 0 heterocycles. The van der Waals surface area contributed by atoms with Gasteiger partial charge in [0.05, 0.1) is 11.4 Å². The molecule has 0 aliphatic rings. The number of hydrogen-bond acceptors (Lipinski definition) is 3. The maximum atomic E-state index is 10.9. The van der Waals surface area contributed by atoms with Gasteiger partial charge in [0.1, 0.15) is 0 Å². The fourth-order valence-corrected chi connectivity index (χ4v) is 2.15. The summed E-state index contributed by atoms with van der Waals surface area (Å²) in [5.41, 5.74) is 7.57. The molecule has 1 aromatic carbocycles. The molecule has 4 nitrogen and oxygen atoms in total. The van der Waals surface area contributed by atoms with Crippen molar-refractivity contribution in [3.8, 4) is 0 Å². The van der Waals surface area contributed by atoms with Crippen molar-refractivity contribution in [1.29, 1.82) is 0 Å². The molecule has 0 fully saturated rings. The summed E-state index contributed by atoms with van der Waals surface area (Å²) >= 11 is 5.01. The molecule has 20 heavy (non-hydrogen) atoms. The summed E-state index contributed by atoms with van der Waals surface area (Å²) in [6, 6.07) is 7.65. The van der Waals surface area contributed by atoms with Crippen LogP contribution in [0.1, 0.15) is 25.0 Å². The van der Waals surface area contributed by atoms with Crippen LogP contribution < -0.4 is 5.73 Å². The van der Waals surface area contributed by atoms with Gasteiger partial charge in [-0.1, -0.05) is 50.3 Å². The van der Waals surface area contributed by atoms with E-state index in [4.69, 9.17) is 23.1 Å². The molecule has 0 amide bonds. The van der Waals surface area contributed by atoms with Crippen LogP contribution >= 0.6 is 12.2 Å². The summed E-state index contributed by atoms with van der Waals surface area (Å²) in [7, 11) is 0. The second-order valence-corrected chi connectivity index (χ2v) is 5.44. The number of rotatable bonds is 8. The van der Waals surface area contributed by atoms with Crippen molar-refractivity contribution in [1.82, 2.24) is 4.90 Å². The number of hydrogen-bond donors (Lipinski definition) is 2. The number of nitrogens with zero attached hydrogens (tertiary/aromatic N) is 1. The maximum absolute atomic E-state index is 10.9. The van der Waals surface area contributed by atoms with Crippen LogP contribution in [0, 0.1) is 5.92 Å². The highest BCUT2D eigenvalue weighted by molar-refractivity contribution is 7.80. The van der Waals surface area contributed by atoms with Crippen LogP contribution in [0.15, 0.2) is 24.3 Å². The summed E-state index contributed by atoms with van der Waals surface area (Å²) < 4.78 is 0. The van der Waals surface area contributed by atoms with Crippen LogP contribution in [0.2, 0.25) is 0 Å². The molecule has 0 aliphatic carbocycles. The molecule has 0 bridgehead atoms. The molecule has 0 aliphatic heterocycles. The van der Waals surface area contributed by atoms with Crippen LogP contribution in [0.3, 0.4) is 0 Å². The molecule has 0 radical (unpaired) electrons. The van der Waals surface area contributed by atoms with Crippen LogP contribution in [-0.4, -0.2) is 34.1 Å². The molecule has 1 aromatic rings. The number of carboxylic acid groups (broad SMARTS) is 1. The lowest BCUT2D eigenvalue weighted by atomic mass is 10.0. The molecule has 1 rings (SSSR count). The zero-order valence-corrected chi connectivity index (χ0v) is 12.8. The molecule has 0 aromatic heterocycles. The summed E-state index contributed by atoms with van der Waals surface area (Å²) in [5.74, 6) is -0.659. The molecular formula is C15H22N2O2S. The molecule has 110 valence electrons. The minimum Gasteiger partial charge on any atom is -0.481 e. The first-order valence-electron chi connectivity index (χ1n) is 6.74. The number of carbonyl (C=O) groups is 1. The van der Waals surface area contributed by atoms with Gasteiger partial charge in [0, 0.05) is 19.0 Å². The highest BCUT2D eigenvalue weighted by atomic mass is 32.1. The average molecular weight is 294 g/mol. The number of aliphatic carboxylic acids is 1. The first-order chi connectivity index (χ1) is 9.43. The molecule has 1 unspecified atom stereocenters. The van der Waals surface area contributed by atoms with Crippen molar-refractivity contribution in [3.63, 3.8) is 0 Å². The molecule has 1 atom stereocenters. The number of thiocarbonyl (C=S) groups is 1. The van der Waals surface area contributed by atoms with Crippen LogP contribution in [0.4, 0.5) is 0 Å². The first kappa shape index (κ1) is 16.6. The summed E-state index contributed by atoms with van der Waals surface area (Å²) in [4.78, 5) is 13.6. The van der Waals surface area contributed by atoms with E-state index in [1.54, 1.807) is 0 Å². The van der Waals surface area contributed by atoms with Gasteiger partial charge in [-0.15, -0.1) is 0 Å². The smallest absolute Gasteiger partial charge is 0.307 e. The number of benzene rings is 1. The molecule has 0 saturated heterocycles. The van der Waals surface area contributed by atoms with E-state index in [2.05, 4.69) is 11.8 Å². The van der Waals surface area contributed by atoms with Gasteiger partial charge in [-0.2, -0.15) is 0 Å². The Hall–Kier alpha value is -1.46. The van der Waals surface area contributed by atoms with E-state index in [9.17, 15) is 4.79 Å². The predicted octanol–water partition coefficient (Wildman–Crippen LogP) is 2.06. The van der Waals surface area contributed by atoms with Crippen LogP contribution in [-0.2, 0) is 17.8 Å². The summed E-state index contributed by atoms with van der Waals surface area (Å²) in [5, 5.41) is 8.95. The van der Waals surface area contributed by atoms with E-state index < -0.39 is 5.97 Å². The molecule has 3 N–H and O–H groups in total. The Morgan fingerprint density at radius 1 is 1.40 bits per heavy atom. The monoisotopic (exact) mass is 294 g/mol. The fourth-order valence-electron chi connectivity index (χ4n) is 2.07. The Labute approximate surface area is 125 Å². The quantitative estimate of drug-likeness (QED) is 0.718. The number of nitrogens with two attached hydrogens (primary N) is 1. The van der Waals surface area contributed by atoms with Crippen molar-refractivity contribution in [2.45, 2.75) is 26.8 Å². The first-order valence-corrected chi connectivity index (χ1v) is 7.15. The van der Waals surface area contributed by atoms with Gasteiger partial charge in [-0.25, -0.2) is 0 Å². The van der Waals surface area contributed by atoms with Gasteiger partial charge in [0.2, 0.25) is 0 Å². The van der Waals surface area contributed by atoms with E-state index in [0.717, 1.165) is 24.2 Å². The van der Waals surface area contributed by atoms with Gasteiger partial charge in [0.15, 0.2) is 0 Å². The molecule has 0 saturated carbocycles. The highest BCUT2D eigenvalue weighted by Gasteiger charge is 2.13. The van der Waals surface area contributed by atoms with E-state index in [0.29, 0.717) is 11.5 Å². The predicted molar refractivity (Wildman–Crippen MR) is 84.7 cm³/mol. The Balaban J connectivity index is 2.79. The van der Waals surface area contributed by atoms with Gasteiger partial charge in [0.25, 0.3) is 0 Å². The average Bonchev–Trinajstić information content (AvgIpc) is 2.39. The Morgan fingerprint density at radius 3 is 2.50 bits per heavy atom. The standard InChI is InChI=1S/C15H22N2O2S/c1-3-17(9-11(2)15(16)20)10-13-7-5-4-6-12(13)8-14(18)19/h4-7,11H,3,8-10H2,1-2H3,(H2,16,20)(H,18,19). The SMILES string of the molecule is CCN(Cc1ccccc1CC(=O)O)CC(C)C(N)=S. The van der Waals surface area contributed by atoms with Gasteiger partial charge < -0.3 is 10.8 Å². The maximum Gasteiger partial charge on any atom is 0.307 e. The topological polar surface area (TPSA) is 66.6 Å². The van der Waals surface area contributed by atoms with Crippen molar-refractivity contribution < 1.29 is 9.90 Å². The third-order valence-electron chi connectivity index (χ3n) is 3.32. The van der Waals surface area contributed by atoms with Crippen molar-refractivity contribution >= 4 is 23.2 Å². The minimum absolute atomic E-state index is 0.0541. The van der Waals surface area contributed by atoms with E-state index in [1.165, 1.54) is 0 Å². The fraction of sp³-hybridized carbons (Fsp3) is 0.467. The lowest BCUT2D eigenvalue weighted by Crippen LogP contribution is -2.33. The Bertz CT molecular complexity index is 477. The summed E-state index contributed by atoms with van der Waals surface area (Å²) in [6.07, 6.45) is 0.0541. The van der Waals surface area contributed by atoms with Gasteiger partial charge in [-0.05, 0) is 17.7 Å². The van der Waals surface area contributed by atoms with Crippen molar-refractivity contribution in [2.75, 3.05) is 13.1 Å². The lowest BCUT2D eigenvalue weighted by molar-refractivity contribution is -0.136. The lowest BCUT2D eigenvalue weighted by Gasteiger charge is -2.24. The van der Waals surface area contributed by atoms with Crippen molar-refractivity contribution in [2.24, 2.45) is 11.7 Å². The molecule has 0 spiro atoms. The van der Waals surface area contributed by atoms with E-state index in [1.807, 2.05) is 31.2 Å². The second-order valence-electron chi connectivity index (χ2n) is 4.97. The Morgan fingerprint density at radius 2 is 2.00 bits per heavy atom. The van der Waals surface area contributed by atoms with E-state index in [-0.39, 0.29) is 12.3 Å². The third kappa shape index (κ3) is 5.27. The number of carboxylic acids is 1. The third-order valence-corrected chi connectivity index (χ3v) is 3.72. The minimum atomic E-state index is -0.808. The highest BCUT2D eigenvalue weighted by Crippen LogP contribution is 2.14. The zero-order valence-electron chi connectivity index (χ0n) is 12.0. The van der Waals surface area contributed by atoms with Crippen molar-refractivity contribution in [3.05, 3.63) is 35.4 Å². The van der Waals surface area contributed by atoms with Gasteiger partial charge in [-0.3, -0.25) is 9.69 Å². The van der Waals surface area contributed by atoms with Crippen LogP contribution in [0.5, 0.6) is 0 Å². The van der Waals surface area contributed by atoms with Crippen LogP contribution in [0.25, 0.3) is 0 Å². The molecular weight excluding hydrogens is 272 g/mol.